The van der Waals surface area contributed by atoms with Crippen LogP contribution in [-0.4, -0.2) is 38.0 Å². The predicted octanol–water partition coefficient (Wildman–Crippen LogP) is 5.12. The molecule has 0 aliphatic carbocycles. The molecule has 1 aliphatic heterocycles. The van der Waals surface area contributed by atoms with Gasteiger partial charge in [-0.1, -0.05) is 24.2 Å². The number of halogens is 2. The average molecular weight is 493 g/mol. The number of likely N-dealkylation sites (tertiary alicyclic amines) is 1. The smallest absolute Gasteiger partial charge is 0.334 e. The summed E-state index contributed by atoms with van der Waals surface area (Å²) in [5, 5.41) is -0.0987. The van der Waals surface area contributed by atoms with Crippen molar-refractivity contribution in [3.05, 3.63) is 94.9 Å². The van der Waals surface area contributed by atoms with E-state index in [4.69, 9.17) is 16.3 Å². The highest BCUT2D eigenvalue weighted by molar-refractivity contribution is 6.32. The first-order chi connectivity index (χ1) is 17.0. The Bertz CT molecular complexity index is 1480. The lowest BCUT2D eigenvalue weighted by atomic mass is 10.1. The molecule has 5 rings (SSSR count). The molecule has 0 bridgehead atoms. The van der Waals surface area contributed by atoms with Crippen LogP contribution in [0.15, 0.2) is 78.4 Å². The molecular weight excluding hydrogens is 471 g/mol. The molecule has 0 N–H and O–H groups in total. The molecule has 35 heavy (non-hydrogen) atoms. The Balaban J connectivity index is 1.51. The standard InChI is InChI=1S/C26H22ClFN4O3/c1-2-24(33)30-14-4-5-18(16-30)32-21-12-13-29-15-22(21)31(26(32)34)17-8-10-19(11-9-17)35-23-7-3-6-20(28)25(23)27/h2-3,6-13,15,18H,1,4-5,14,16H2/t18-/m1/s1. The number of ether oxygens (including phenoxy) is 1. The lowest BCUT2D eigenvalue weighted by Gasteiger charge is -2.32. The van der Waals surface area contributed by atoms with Gasteiger partial charge in [0.2, 0.25) is 5.91 Å². The average Bonchev–Trinajstić information content (AvgIpc) is 3.18. The van der Waals surface area contributed by atoms with E-state index in [2.05, 4.69) is 11.6 Å². The molecule has 1 amide bonds. The van der Waals surface area contributed by atoms with Crippen molar-refractivity contribution in [1.82, 2.24) is 19.0 Å². The summed E-state index contributed by atoms with van der Waals surface area (Å²) in [6, 6.07) is 12.9. The van der Waals surface area contributed by atoms with Crippen molar-refractivity contribution in [1.29, 1.82) is 0 Å². The third kappa shape index (κ3) is 4.21. The Morgan fingerprint density at radius 3 is 2.74 bits per heavy atom. The van der Waals surface area contributed by atoms with Crippen LogP contribution in [0, 0.1) is 5.82 Å². The normalized spacial score (nSPS) is 15.8. The first-order valence-electron chi connectivity index (χ1n) is 11.2. The Kier molecular flexibility index (Phi) is 6.13. The largest absolute Gasteiger partial charge is 0.456 e. The first-order valence-corrected chi connectivity index (χ1v) is 11.6. The summed E-state index contributed by atoms with van der Waals surface area (Å²) in [6.07, 6.45) is 6.18. The fourth-order valence-corrected chi connectivity index (χ4v) is 4.68. The zero-order chi connectivity index (χ0) is 24.5. The number of piperidine rings is 1. The zero-order valence-electron chi connectivity index (χ0n) is 18.7. The van der Waals surface area contributed by atoms with Gasteiger partial charge in [0.1, 0.15) is 22.3 Å². The van der Waals surface area contributed by atoms with E-state index in [1.54, 1.807) is 56.8 Å². The summed E-state index contributed by atoms with van der Waals surface area (Å²) in [6.45, 7) is 4.66. The fraction of sp³-hybridized carbons (Fsp3) is 0.192. The monoisotopic (exact) mass is 492 g/mol. The highest BCUT2D eigenvalue weighted by Gasteiger charge is 2.27. The van der Waals surface area contributed by atoms with Gasteiger partial charge < -0.3 is 9.64 Å². The lowest BCUT2D eigenvalue weighted by molar-refractivity contribution is -0.127. The third-order valence-electron chi connectivity index (χ3n) is 6.16. The van der Waals surface area contributed by atoms with E-state index in [-0.39, 0.29) is 28.4 Å². The zero-order valence-corrected chi connectivity index (χ0v) is 19.5. The van der Waals surface area contributed by atoms with Crippen LogP contribution in [0.25, 0.3) is 16.7 Å². The van der Waals surface area contributed by atoms with Crippen LogP contribution in [0.3, 0.4) is 0 Å². The number of hydrogen-bond acceptors (Lipinski definition) is 4. The maximum absolute atomic E-state index is 13.7. The Morgan fingerprint density at radius 1 is 1.17 bits per heavy atom. The number of nitrogens with zero attached hydrogens (tertiary/aromatic N) is 4. The van der Waals surface area contributed by atoms with Crippen LogP contribution >= 0.6 is 11.6 Å². The van der Waals surface area contributed by atoms with Crippen molar-refractivity contribution >= 4 is 28.5 Å². The van der Waals surface area contributed by atoms with E-state index < -0.39 is 5.82 Å². The minimum atomic E-state index is -0.566. The van der Waals surface area contributed by atoms with Gasteiger partial charge >= 0.3 is 5.69 Å². The van der Waals surface area contributed by atoms with Crippen molar-refractivity contribution in [3.63, 3.8) is 0 Å². The summed E-state index contributed by atoms with van der Waals surface area (Å²) in [4.78, 5) is 31.8. The Labute approximate surface area is 205 Å². The molecular formula is C26H22ClFN4O3. The van der Waals surface area contributed by atoms with Crippen LogP contribution in [0.2, 0.25) is 5.02 Å². The summed E-state index contributed by atoms with van der Waals surface area (Å²) in [5.41, 5.74) is 1.81. The molecule has 9 heteroatoms. The molecule has 1 saturated heterocycles. The molecule has 0 saturated carbocycles. The fourth-order valence-electron chi connectivity index (χ4n) is 4.52. The number of carbonyl (C=O) groups is 1. The molecule has 4 aromatic rings. The SMILES string of the molecule is C=CC(=O)N1CCC[C@@H](n2c(=O)n(-c3ccc(Oc4cccc(F)c4Cl)cc3)c3cnccc32)C1. The molecule has 1 aliphatic rings. The maximum Gasteiger partial charge on any atom is 0.334 e. The number of amides is 1. The third-order valence-corrected chi connectivity index (χ3v) is 6.53. The predicted molar refractivity (Wildman–Crippen MR) is 132 cm³/mol. The Morgan fingerprint density at radius 2 is 1.97 bits per heavy atom. The van der Waals surface area contributed by atoms with E-state index in [1.807, 2.05) is 6.07 Å². The number of benzene rings is 2. The number of hydrogen-bond donors (Lipinski definition) is 0. The van der Waals surface area contributed by atoms with Gasteiger partial charge in [0.05, 0.1) is 29.0 Å². The quantitative estimate of drug-likeness (QED) is 0.362. The second-order valence-corrected chi connectivity index (χ2v) is 8.66. The van der Waals surface area contributed by atoms with Crippen LogP contribution in [-0.2, 0) is 4.79 Å². The molecule has 178 valence electrons. The van der Waals surface area contributed by atoms with Crippen LogP contribution in [0.1, 0.15) is 18.9 Å². The molecule has 2 aromatic carbocycles. The molecule has 2 aromatic heterocycles. The second-order valence-electron chi connectivity index (χ2n) is 8.28. The molecule has 1 atom stereocenters. The van der Waals surface area contributed by atoms with Gasteiger partial charge in [-0.25, -0.2) is 9.18 Å². The highest BCUT2D eigenvalue weighted by Crippen LogP contribution is 2.32. The topological polar surface area (TPSA) is 69.4 Å². The summed E-state index contributed by atoms with van der Waals surface area (Å²) in [7, 11) is 0. The van der Waals surface area contributed by atoms with E-state index in [0.29, 0.717) is 30.0 Å². The van der Waals surface area contributed by atoms with Gasteiger partial charge in [-0.3, -0.25) is 18.9 Å². The molecule has 3 heterocycles. The maximum atomic E-state index is 13.7. The van der Waals surface area contributed by atoms with Crippen molar-refractivity contribution in [2.75, 3.05) is 13.1 Å². The van der Waals surface area contributed by atoms with Gasteiger partial charge in [0.25, 0.3) is 0 Å². The molecule has 0 spiro atoms. The first kappa shape index (κ1) is 22.9. The number of rotatable bonds is 5. The minimum Gasteiger partial charge on any atom is -0.456 e. The van der Waals surface area contributed by atoms with Gasteiger partial charge in [0.15, 0.2) is 0 Å². The number of fused-ring (bicyclic) bond motifs is 1. The van der Waals surface area contributed by atoms with E-state index in [9.17, 15) is 14.0 Å². The van der Waals surface area contributed by atoms with E-state index in [1.165, 1.54) is 18.2 Å². The Hall–Kier alpha value is -3.91. The van der Waals surface area contributed by atoms with Crippen LogP contribution in [0.5, 0.6) is 11.5 Å². The molecule has 1 fully saturated rings. The van der Waals surface area contributed by atoms with Gasteiger partial charge in [-0.2, -0.15) is 0 Å². The number of aromatic nitrogens is 3. The van der Waals surface area contributed by atoms with Crippen LogP contribution in [0.4, 0.5) is 4.39 Å². The summed E-state index contributed by atoms with van der Waals surface area (Å²) in [5.74, 6) is -0.0545. The van der Waals surface area contributed by atoms with Crippen LogP contribution < -0.4 is 10.4 Å². The minimum absolute atomic E-state index is 0.0987. The number of pyridine rings is 1. The number of imidazole rings is 1. The van der Waals surface area contributed by atoms with E-state index in [0.717, 1.165) is 18.4 Å². The molecule has 0 unspecified atom stereocenters. The van der Waals surface area contributed by atoms with Gasteiger partial charge in [-0.05, 0) is 61.4 Å². The molecule has 7 nitrogen and oxygen atoms in total. The van der Waals surface area contributed by atoms with Crippen molar-refractivity contribution < 1.29 is 13.9 Å². The second kappa shape index (κ2) is 9.38. The lowest BCUT2D eigenvalue weighted by Crippen LogP contribution is -2.42. The molecule has 0 radical (unpaired) electrons. The van der Waals surface area contributed by atoms with E-state index >= 15 is 0 Å². The summed E-state index contributed by atoms with van der Waals surface area (Å²) < 4.78 is 22.8. The van der Waals surface area contributed by atoms with Crippen molar-refractivity contribution in [3.8, 4) is 17.2 Å². The number of carbonyl (C=O) groups excluding carboxylic acids is 1. The van der Waals surface area contributed by atoms with Crippen molar-refractivity contribution in [2.45, 2.75) is 18.9 Å². The highest BCUT2D eigenvalue weighted by atomic mass is 35.5. The summed E-state index contributed by atoms with van der Waals surface area (Å²) >= 11 is 5.99. The van der Waals surface area contributed by atoms with Gasteiger partial charge in [0, 0.05) is 19.3 Å². The van der Waals surface area contributed by atoms with Crippen molar-refractivity contribution in [2.24, 2.45) is 0 Å². The van der Waals surface area contributed by atoms with Gasteiger partial charge in [-0.15, -0.1) is 0 Å².